The highest BCUT2D eigenvalue weighted by Gasteiger charge is 2.36. The molecule has 0 saturated heterocycles. The first-order valence-electron chi connectivity index (χ1n) is 7.74. The van der Waals surface area contributed by atoms with Crippen molar-refractivity contribution < 1.29 is 18.0 Å². The van der Waals surface area contributed by atoms with Gasteiger partial charge >= 0.3 is 6.18 Å². The average Bonchev–Trinajstić information content (AvgIpc) is 3.32. The van der Waals surface area contributed by atoms with Gasteiger partial charge in [0.25, 0.3) is 5.91 Å². The zero-order chi connectivity index (χ0) is 17.6. The number of fused-ring (bicyclic) bond motifs is 1. The molecule has 5 nitrogen and oxygen atoms in total. The van der Waals surface area contributed by atoms with Crippen molar-refractivity contribution in [2.45, 2.75) is 24.9 Å². The van der Waals surface area contributed by atoms with Gasteiger partial charge in [0.15, 0.2) is 5.69 Å². The summed E-state index contributed by atoms with van der Waals surface area (Å²) in [7, 11) is 0. The first-order chi connectivity index (χ1) is 11.9. The average molecular weight is 346 g/mol. The third-order valence-electron chi connectivity index (χ3n) is 4.07. The molecule has 0 spiro atoms. The Balaban J connectivity index is 1.75. The van der Waals surface area contributed by atoms with E-state index in [4.69, 9.17) is 0 Å². The number of pyridine rings is 2. The normalized spacial score (nSPS) is 14.7. The Hall–Kier alpha value is -2.90. The molecule has 3 aromatic heterocycles. The number of alkyl halides is 3. The molecule has 0 bridgehead atoms. The van der Waals surface area contributed by atoms with Crippen LogP contribution in [0.3, 0.4) is 0 Å². The van der Waals surface area contributed by atoms with Crippen LogP contribution >= 0.6 is 0 Å². The molecule has 128 valence electrons. The predicted octanol–water partition coefficient (Wildman–Crippen LogP) is 3.88. The Labute approximate surface area is 140 Å². The van der Waals surface area contributed by atoms with E-state index in [2.05, 4.69) is 15.4 Å². The van der Waals surface area contributed by atoms with E-state index >= 15 is 0 Å². The highest BCUT2D eigenvalue weighted by molar-refractivity contribution is 6.03. The topological polar surface area (TPSA) is 59.3 Å². The summed E-state index contributed by atoms with van der Waals surface area (Å²) in [5.41, 5.74) is 0.390. The Kier molecular flexibility index (Phi) is 3.48. The molecule has 1 aliphatic carbocycles. The van der Waals surface area contributed by atoms with Crippen molar-refractivity contribution in [1.82, 2.24) is 14.6 Å². The van der Waals surface area contributed by atoms with Gasteiger partial charge in [-0.1, -0.05) is 0 Å². The van der Waals surface area contributed by atoms with E-state index in [1.54, 1.807) is 24.4 Å². The van der Waals surface area contributed by atoms with Crippen molar-refractivity contribution in [2.24, 2.45) is 0 Å². The van der Waals surface area contributed by atoms with E-state index < -0.39 is 17.8 Å². The Morgan fingerprint density at radius 3 is 2.68 bits per heavy atom. The van der Waals surface area contributed by atoms with Crippen molar-refractivity contribution in [3.05, 3.63) is 59.7 Å². The molecule has 0 atom stereocenters. The van der Waals surface area contributed by atoms with Crippen molar-refractivity contribution in [1.29, 1.82) is 0 Å². The van der Waals surface area contributed by atoms with Gasteiger partial charge in [-0.05, 0) is 54.7 Å². The van der Waals surface area contributed by atoms with E-state index in [0.717, 1.165) is 23.4 Å². The molecule has 3 aromatic rings. The molecule has 8 heteroatoms. The highest BCUT2D eigenvalue weighted by atomic mass is 19.4. The summed E-state index contributed by atoms with van der Waals surface area (Å²) in [6, 6.07) is 7.43. The lowest BCUT2D eigenvalue weighted by atomic mass is 10.1. The molecule has 1 aliphatic rings. The van der Waals surface area contributed by atoms with Gasteiger partial charge in [0.05, 0.1) is 17.4 Å². The minimum atomic E-state index is -4.55. The third-order valence-corrected chi connectivity index (χ3v) is 4.07. The fraction of sp³-hybridized carbons (Fsp3) is 0.235. The van der Waals surface area contributed by atoms with Gasteiger partial charge in [-0.25, -0.2) is 4.52 Å². The standard InChI is InChI=1S/C17H13F3N4O/c18-17(19,20)15-7-11(10-3-4-10)6-13-8-14(23-24(13)15)16(25)22-12-2-1-5-21-9-12/h1-2,5-10H,3-4H2,(H,22,25). The molecule has 1 saturated carbocycles. The van der Waals surface area contributed by atoms with Crippen LogP contribution in [0.5, 0.6) is 0 Å². The molecule has 1 amide bonds. The van der Waals surface area contributed by atoms with Crippen LogP contribution in [0.15, 0.2) is 42.7 Å². The number of amides is 1. The first-order valence-corrected chi connectivity index (χ1v) is 7.74. The number of anilines is 1. The maximum absolute atomic E-state index is 13.4. The SMILES string of the molecule is O=C(Nc1cccnc1)c1cc2cc(C3CC3)cc(C(F)(F)F)n2n1. The Morgan fingerprint density at radius 2 is 2.04 bits per heavy atom. The third kappa shape index (κ3) is 3.07. The molecule has 3 heterocycles. The summed E-state index contributed by atoms with van der Waals surface area (Å²) >= 11 is 0. The van der Waals surface area contributed by atoms with Gasteiger partial charge < -0.3 is 5.32 Å². The maximum atomic E-state index is 13.4. The maximum Gasteiger partial charge on any atom is 0.433 e. The van der Waals surface area contributed by atoms with Crippen LogP contribution in [0, 0.1) is 0 Å². The smallest absolute Gasteiger partial charge is 0.319 e. The Morgan fingerprint density at radius 1 is 1.24 bits per heavy atom. The molecule has 0 aromatic carbocycles. The van der Waals surface area contributed by atoms with E-state index in [9.17, 15) is 18.0 Å². The summed E-state index contributed by atoms with van der Waals surface area (Å²) in [5.74, 6) is -0.425. The van der Waals surface area contributed by atoms with Crippen molar-refractivity contribution in [2.75, 3.05) is 5.32 Å². The second kappa shape index (κ2) is 5.58. The zero-order valence-electron chi connectivity index (χ0n) is 12.9. The summed E-state index contributed by atoms with van der Waals surface area (Å²) < 4.78 is 40.9. The van der Waals surface area contributed by atoms with Crippen molar-refractivity contribution in [3.63, 3.8) is 0 Å². The number of hydrogen-bond donors (Lipinski definition) is 1. The van der Waals surface area contributed by atoms with Gasteiger partial charge in [-0.2, -0.15) is 18.3 Å². The molecule has 1 N–H and O–H groups in total. The highest BCUT2D eigenvalue weighted by Crippen LogP contribution is 2.42. The van der Waals surface area contributed by atoms with Gasteiger partial charge in [0, 0.05) is 6.20 Å². The second-order valence-electron chi connectivity index (χ2n) is 6.01. The second-order valence-corrected chi connectivity index (χ2v) is 6.01. The lowest BCUT2D eigenvalue weighted by Crippen LogP contribution is -2.15. The van der Waals surface area contributed by atoms with Gasteiger partial charge in [-0.3, -0.25) is 9.78 Å². The minimum Gasteiger partial charge on any atom is -0.319 e. The first kappa shape index (κ1) is 15.6. The molecule has 0 unspecified atom stereocenters. The molecule has 0 radical (unpaired) electrons. The number of nitrogens with one attached hydrogen (secondary N) is 1. The van der Waals surface area contributed by atoms with Crippen LogP contribution in [0.2, 0.25) is 0 Å². The van der Waals surface area contributed by atoms with E-state index in [1.165, 1.54) is 12.3 Å². The van der Waals surface area contributed by atoms with Crippen LogP contribution in [0.25, 0.3) is 5.52 Å². The fourth-order valence-electron chi connectivity index (χ4n) is 2.72. The molecule has 25 heavy (non-hydrogen) atoms. The van der Waals surface area contributed by atoms with Gasteiger partial charge in [0.1, 0.15) is 5.69 Å². The van der Waals surface area contributed by atoms with Gasteiger partial charge in [0.2, 0.25) is 0 Å². The van der Waals surface area contributed by atoms with Crippen LogP contribution in [0.4, 0.5) is 18.9 Å². The van der Waals surface area contributed by atoms with Crippen LogP contribution < -0.4 is 5.32 Å². The van der Waals surface area contributed by atoms with Crippen LogP contribution in [0.1, 0.15) is 40.5 Å². The number of hydrogen-bond acceptors (Lipinski definition) is 3. The molecule has 1 fully saturated rings. The monoisotopic (exact) mass is 346 g/mol. The Bertz CT molecular complexity index is 946. The fourth-order valence-corrected chi connectivity index (χ4v) is 2.72. The number of carbonyl (C=O) groups excluding carboxylic acids is 1. The lowest BCUT2D eigenvalue weighted by molar-refractivity contribution is -0.142. The van der Waals surface area contributed by atoms with Gasteiger partial charge in [-0.15, -0.1) is 0 Å². The zero-order valence-corrected chi connectivity index (χ0v) is 12.9. The summed E-state index contributed by atoms with van der Waals surface area (Å²) in [5, 5.41) is 6.43. The lowest BCUT2D eigenvalue weighted by Gasteiger charge is -2.11. The van der Waals surface area contributed by atoms with Crippen molar-refractivity contribution in [3.8, 4) is 0 Å². The van der Waals surface area contributed by atoms with Crippen molar-refractivity contribution >= 4 is 17.1 Å². The van der Waals surface area contributed by atoms with E-state index in [-0.39, 0.29) is 17.1 Å². The van der Waals surface area contributed by atoms with E-state index in [1.807, 2.05) is 0 Å². The molecule has 0 aliphatic heterocycles. The summed E-state index contributed by atoms with van der Waals surface area (Å²) in [4.78, 5) is 16.1. The molecular weight excluding hydrogens is 333 g/mol. The largest absolute Gasteiger partial charge is 0.433 e. The predicted molar refractivity (Wildman–Crippen MR) is 84.4 cm³/mol. The van der Waals surface area contributed by atoms with Crippen LogP contribution in [-0.2, 0) is 6.18 Å². The number of nitrogens with zero attached hydrogens (tertiary/aromatic N) is 3. The molecule has 4 rings (SSSR count). The number of halogens is 3. The summed E-state index contributed by atoms with van der Waals surface area (Å²) in [6.07, 6.45) is 0.216. The number of rotatable bonds is 3. The number of aromatic nitrogens is 3. The number of carbonyl (C=O) groups is 1. The quantitative estimate of drug-likeness (QED) is 0.783. The van der Waals surface area contributed by atoms with Crippen LogP contribution in [-0.4, -0.2) is 20.5 Å². The van der Waals surface area contributed by atoms with E-state index in [0.29, 0.717) is 11.3 Å². The minimum absolute atomic E-state index is 0.0812. The molecular formula is C17H13F3N4O. The summed E-state index contributed by atoms with van der Waals surface area (Å²) in [6.45, 7) is 0.